The van der Waals surface area contributed by atoms with Gasteiger partial charge < -0.3 is 10.1 Å². The highest BCUT2D eigenvalue weighted by molar-refractivity contribution is 5.94. The summed E-state index contributed by atoms with van der Waals surface area (Å²) in [6, 6.07) is 1.78. The zero-order valence-electron chi connectivity index (χ0n) is 9.15. The number of nitrogens with zero attached hydrogens (tertiary/aromatic N) is 2. The van der Waals surface area contributed by atoms with E-state index >= 15 is 0 Å². The first-order valence-corrected chi connectivity index (χ1v) is 4.90. The maximum absolute atomic E-state index is 11.5. The van der Waals surface area contributed by atoms with Crippen molar-refractivity contribution in [3.63, 3.8) is 0 Å². The minimum Gasteiger partial charge on any atom is -0.462 e. The van der Waals surface area contributed by atoms with E-state index in [9.17, 15) is 4.79 Å². The number of rotatable bonds is 4. The van der Waals surface area contributed by atoms with Gasteiger partial charge in [0.1, 0.15) is 5.56 Å². The molecular formula is C10H15N3O2. The second kappa shape index (κ2) is 5.29. The highest BCUT2D eigenvalue weighted by atomic mass is 16.5. The number of hydrogen-bond donors (Lipinski definition) is 1. The van der Waals surface area contributed by atoms with Crippen LogP contribution in [0.25, 0.3) is 0 Å². The molecule has 0 aliphatic carbocycles. The number of ether oxygens (including phenoxy) is 1. The van der Waals surface area contributed by atoms with Crippen LogP contribution >= 0.6 is 0 Å². The molecule has 0 fully saturated rings. The maximum Gasteiger partial charge on any atom is 0.342 e. The largest absolute Gasteiger partial charge is 0.462 e. The van der Waals surface area contributed by atoms with Gasteiger partial charge in [0.2, 0.25) is 0 Å². The van der Waals surface area contributed by atoms with Crippen LogP contribution in [0.4, 0.5) is 5.82 Å². The summed E-state index contributed by atoms with van der Waals surface area (Å²) in [6.07, 6.45) is 1.47. The van der Waals surface area contributed by atoms with E-state index < -0.39 is 0 Å². The van der Waals surface area contributed by atoms with Gasteiger partial charge in [-0.15, -0.1) is 5.10 Å². The van der Waals surface area contributed by atoms with Crippen LogP contribution in [0.15, 0.2) is 12.3 Å². The summed E-state index contributed by atoms with van der Waals surface area (Å²) >= 11 is 0. The Kier molecular flexibility index (Phi) is 4.03. The highest BCUT2D eigenvalue weighted by Crippen LogP contribution is 2.12. The number of anilines is 1. The Hall–Kier alpha value is -1.65. The zero-order valence-corrected chi connectivity index (χ0v) is 9.15. The minimum atomic E-state index is -0.379. The van der Waals surface area contributed by atoms with Crippen LogP contribution < -0.4 is 5.32 Å². The molecule has 0 atom stereocenters. The summed E-state index contributed by atoms with van der Waals surface area (Å²) in [5.41, 5.74) is 0.417. The monoisotopic (exact) mass is 209 g/mol. The molecule has 1 N–H and O–H groups in total. The smallest absolute Gasteiger partial charge is 0.342 e. The lowest BCUT2D eigenvalue weighted by Gasteiger charge is -2.11. The lowest BCUT2D eigenvalue weighted by molar-refractivity contribution is 0.0527. The van der Waals surface area contributed by atoms with E-state index in [1.165, 1.54) is 6.20 Å². The SMILES string of the molecule is CCOC(=O)c1ccnnc1NC(C)C. The summed E-state index contributed by atoms with van der Waals surface area (Å²) in [5, 5.41) is 10.6. The molecule has 0 unspecified atom stereocenters. The van der Waals surface area contributed by atoms with Crippen LogP contribution in [0.3, 0.4) is 0 Å². The Bertz CT molecular complexity index is 339. The van der Waals surface area contributed by atoms with E-state index in [4.69, 9.17) is 4.74 Å². The molecule has 0 aliphatic heterocycles. The summed E-state index contributed by atoms with van der Waals surface area (Å²) in [7, 11) is 0. The van der Waals surface area contributed by atoms with E-state index in [1.54, 1.807) is 13.0 Å². The van der Waals surface area contributed by atoms with Crippen molar-refractivity contribution in [1.82, 2.24) is 10.2 Å². The molecule has 1 heterocycles. The van der Waals surface area contributed by atoms with Gasteiger partial charge in [-0.3, -0.25) is 0 Å². The molecule has 1 rings (SSSR count). The minimum absolute atomic E-state index is 0.190. The third kappa shape index (κ3) is 3.19. The van der Waals surface area contributed by atoms with Crippen molar-refractivity contribution in [3.8, 4) is 0 Å². The molecule has 0 bridgehead atoms. The van der Waals surface area contributed by atoms with E-state index in [2.05, 4.69) is 15.5 Å². The van der Waals surface area contributed by atoms with Gasteiger partial charge in [0, 0.05) is 6.04 Å². The third-order valence-electron chi connectivity index (χ3n) is 1.64. The standard InChI is InChI=1S/C10H15N3O2/c1-4-15-10(14)8-5-6-11-13-9(8)12-7(2)3/h5-7H,4H2,1-3H3,(H,12,13). The fourth-order valence-corrected chi connectivity index (χ4v) is 1.09. The van der Waals surface area contributed by atoms with Gasteiger partial charge in [0.25, 0.3) is 0 Å². The van der Waals surface area contributed by atoms with Crippen molar-refractivity contribution in [2.75, 3.05) is 11.9 Å². The number of nitrogens with one attached hydrogen (secondary N) is 1. The predicted molar refractivity (Wildman–Crippen MR) is 56.7 cm³/mol. The summed E-state index contributed by atoms with van der Waals surface area (Å²) in [4.78, 5) is 11.5. The quantitative estimate of drug-likeness (QED) is 0.761. The maximum atomic E-state index is 11.5. The lowest BCUT2D eigenvalue weighted by Crippen LogP contribution is -2.16. The zero-order chi connectivity index (χ0) is 11.3. The van der Waals surface area contributed by atoms with Crippen LogP contribution in [-0.2, 0) is 4.74 Å². The second-order valence-electron chi connectivity index (χ2n) is 3.31. The Labute approximate surface area is 88.9 Å². The van der Waals surface area contributed by atoms with E-state index in [0.29, 0.717) is 18.0 Å². The normalized spacial score (nSPS) is 10.1. The van der Waals surface area contributed by atoms with Gasteiger partial charge in [-0.05, 0) is 26.8 Å². The van der Waals surface area contributed by atoms with Crippen LogP contribution in [0, 0.1) is 0 Å². The molecule has 15 heavy (non-hydrogen) atoms. The Morgan fingerprint density at radius 3 is 2.93 bits per heavy atom. The van der Waals surface area contributed by atoms with Crippen molar-refractivity contribution >= 4 is 11.8 Å². The number of esters is 1. The van der Waals surface area contributed by atoms with E-state index in [-0.39, 0.29) is 12.0 Å². The van der Waals surface area contributed by atoms with Crippen LogP contribution in [0.5, 0.6) is 0 Å². The fraction of sp³-hybridized carbons (Fsp3) is 0.500. The third-order valence-corrected chi connectivity index (χ3v) is 1.64. The van der Waals surface area contributed by atoms with E-state index in [1.807, 2.05) is 13.8 Å². The molecule has 82 valence electrons. The van der Waals surface area contributed by atoms with Gasteiger partial charge in [-0.1, -0.05) is 0 Å². The topological polar surface area (TPSA) is 64.1 Å². The van der Waals surface area contributed by atoms with Crippen LogP contribution in [0.1, 0.15) is 31.1 Å². The molecule has 0 amide bonds. The molecule has 0 spiro atoms. The summed E-state index contributed by atoms with van der Waals surface area (Å²) in [5.74, 6) is 0.0847. The predicted octanol–water partition coefficient (Wildman–Crippen LogP) is 1.47. The lowest BCUT2D eigenvalue weighted by atomic mass is 10.2. The molecule has 0 saturated heterocycles. The summed E-state index contributed by atoms with van der Waals surface area (Å²) in [6.45, 7) is 6.04. The molecule has 1 aromatic heterocycles. The molecule has 0 aliphatic rings. The molecule has 1 aromatic rings. The number of hydrogen-bond acceptors (Lipinski definition) is 5. The van der Waals surface area contributed by atoms with Crippen molar-refractivity contribution in [2.24, 2.45) is 0 Å². The fourth-order valence-electron chi connectivity index (χ4n) is 1.09. The Morgan fingerprint density at radius 2 is 2.33 bits per heavy atom. The Balaban J connectivity index is 2.90. The van der Waals surface area contributed by atoms with Gasteiger partial charge in [-0.2, -0.15) is 5.10 Å². The average Bonchev–Trinajstić information content (AvgIpc) is 2.18. The van der Waals surface area contributed by atoms with Crippen LogP contribution in [-0.4, -0.2) is 28.8 Å². The van der Waals surface area contributed by atoms with Crippen molar-refractivity contribution in [3.05, 3.63) is 17.8 Å². The molecule has 0 saturated carbocycles. The number of carbonyl (C=O) groups excluding carboxylic acids is 1. The summed E-state index contributed by atoms with van der Waals surface area (Å²) < 4.78 is 4.90. The average molecular weight is 209 g/mol. The van der Waals surface area contributed by atoms with Gasteiger partial charge >= 0.3 is 5.97 Å². The molecular weight excluding hydrogens is 194 g/mol. The molecule has 0 aromatic carbocycles. The van der Waals surface area contributed by atoms with E-state index in [0.717, 1.165) is 0 Å². The second-order valence-corrected chi connectivity index (χ2v) is 3.31. The number of carbonyl (C=O) groups is 1. The molecule has 5 heteroatoms. The first-order valence-electron chi connectivity index (χ1n) is 4.90. The first-order chi connectivity index (χ1) is 7.15. The van der Waals surface area contributed by atoms with Crippen molar-refractivity contribution in [2.45, 2.75) is 26.8 Å². The first kappa shape index (κ1) is 11.4. The van der Waals surface area contributed by atoms with Gasteiger partial charge in [0.15, 0.2) is 5.82 Å². The molecule has 5 nitrogen and oxygen atoms in total. The molecule has 0 radical (unpaired) electrons. The highest BCUT2D eigenvalue weighted by Gasteiger charge is 2.14. The van der Waals surface area contributed by atoms with Crippen LogP contribution in [0.2, 0.25) is 0 Å². The van der Waals surface area contributed by atoms with Crippen molar-refractivity contribution < 1.29 is 9.53 Å². The van der Waals surface area contributed by atoms with Crippen molar-refractivity contribution in [1.29, 1.82) is 0 Å². The Morgan fingerprint density at radius 1 is 1.60 bits per heavy atom. The van der Waals surface area contributed by atoms with Gasteiger partial charge in [0.05, 0.1) is 12.8 Å². The number of aromatic nitrogens is 2. The van der Waals surface area contributed by atoms with Gasteiger partial charge in [-0.25, -0.2) is 4.79 Å².